The summed E-state index contributed by atoms with van der Waals surface area (Å²) >= 11 is 0. The molecule has 1 aromatic rings. The Bertz CT molecular complexity index is 927. The molecule has 2 aliphatic rings. The highest BCUT2D eigenvalue weighted by atomic mass is 16.2. The van der Waals surface area contributed by atoms with Crippen LogP contribution in [0.1, 0.15) is 46.0 Å². The lowest BCUT2D eigenvalue weighted by Crippen LogP contribution is -2.63. The number of aliphatic imine (C=N–C) groups is 1. The molecule has 0 N–H and O–H groups in total. The molecule has 9 nitrogen and oxygen atoms in total. The Balaban J connectivity index is 2.16. The number of aromatic nitrogens is 2. The lowest BCUT2D eigenvalue weighted by molar-refractivity contribution is -0.543. The van der Waals surface area contributed by atoms with Crippen LogP contribution >= 0.6 is 0 Å². The average Bonchev–Trinajstić information content (AvgIpc) is 3.24. The summed E-state index contributed by atoms with van der Waals surface area (Å²) in [5, 5.41) is 4.68. The minimum absolute atomic E-state index is 0.237. The smallest absolute Gasteiger partial charge is 0.298 e. The van der Waals surface area contributed by atoms with E-state index < -0.39 is 18.0 Å². The van der Waals surface area contributed by atoms with Crippen LogP contribution in [0.4, 0.5) is 4.79 Å². The fraction of sp³-hybridized carbons (Fsp3) is 0.600. The fourth-order valence-corrected chi connectivity index (χ4v) is 3.70. The minimum Gasteiger partial charge on any atom is -0.298 e. The van der Waals surface area contributed by atoms with E-state index in [1.807, 2.05) is 24.5 Å². The van der Waals surface area contributed by atoms with Crippen molar-refractivity contribution in [2.75, 3.05) is 20.1 Å². The van der Waals surface area contributed by atoms with Crippen molar-refractivity contribution in [3.8, 4) is 0 Å². The van der Waals surface area contributed by atoms with Crippen molar-refractivity contribution in [2.24, 2.45) is 10.9 Å². The molecule has 0 bridgehead atoms. The van der Waals surface area contributed by atoms with Crippen LogP contribution in [0.25, 0.3) is 0 Å². The van der Waals surface area contributed by atoms with Crippen molar-refractivity contribution in [1.82, 2.24) is 19.6 Å². The molecule has 1 atom stereocenters. The Hall–Kier alpha value is -2.84. The molecule has 0 radical (unpaired) electrons. The number of Topliss-reactive ketones (excluding diaryl/α,β-unsaturated/α-hetero) is 1. The molecule has 0 aromatic carbocycles. The third-order valence-corrected chi connectivity index (χ3v) is 5.08. The summed E-state index contributed by atoms with van der Waals surface area (Å²) in [4.78, 5) is 44.7. The molecular formula is C20H29N6O3+. The molecule has 1 unspecified atom stereocenters. The molecule has 156 valence electrons. The van der Waals surface area contributed by atoms with Crippen LogP contribution in [0.3, 0.4) is 0 Å². The summed E-state index contributed by atoms with van der Waals surface area (Å²) in [7, 11) is 1.59. The lowest BCUT2D eigenvalue weighted by Gasteiger charge is -2.33. The number of likely N-dealkylation sites (N-methyl/N-ethyl adjacent to an activating group) is 1. The molecule has 9 heteroatoms. The van der Waals surface area contributed by atoms with Gasteiger partial charge in [0.2, 0.25) is 11.9 Å². The van der Waals surface area contributed by atoms with Crippen LogP contribution < -0.4 is 0 Å². The van der Waals surface area contributed by atoms with Crippen LogP contribution in [0.5, 0.6) is 0 Å². The van der Waals surface area contributed by atoms with Crippen LogP contribution in [0.15, 0.2) is 11.1 Å². The number of aryl methyl sites for hydroxylation is 2. The van der Waals surface area contributed by atoms with Crippen molar-refractivity contribution in [3.05, 3.63) is 17.5 Å². The van der Waals surface area contributed by atoms with Gasteiger partial charge in [0, 0.05) is 13.5 Å². The number of ketones is 1. The monoisotopic (exact) mass is 401 g/mol. The van der Waals surface area contributed by atoms with Crippen LogP contribution in [-0.4, -0.2) is 79.9 Å². The predicted octanol–water partition coefficient (Wildman–Crippen LogP) is 1.14. The highest BCUT2D eigenvalue weighted by Gasteiger charge is 2.53. The van der Waals surface area contributed by atoms with Crippen molar-refractivity contribution in [3.63, 3.8) is 0 Å². The van der Waals surface area contributed by atoms with Gasteiger partial charge in [-0.15, -0.1) is 9.78 Å². The number of fused-ring (bicyclic) bond motifs is 1. The molecule has 0 aliphatic carbocycles. The molecule has 2 aliphatic heterocycles. The second-order valence-electron chi connectivity index (χ2n) is 7.93. The van der Waals surface area contributed by atoms with E-state index in [0.717, 1.165) is 29.1 Å². The van der Waals surface area contributed by atoms with Gasteiger partial charge in [-0.2, -0.15) is 0 Å². The van der Waals surface area contributed by atoms with E-state index >= 15 is 0 Å². The number of hydrogen-bond acceptors (Lipinski definition) is 5. The Morgan fingerprint density at radius 1 is 1.24 bits per heavy atom. The number of amidine groups is 1. The van der Waals surface area contributed by atoms with E-state index in [1.165, 1.54) is 11.8 Å². The number of nitrogens with zero attached hydrogens (tertiary/aromatic N) is 6. The molecule has 1 fully saturated rings. The molecule has 1 aromatic heterocycles. The fourth-order valence-electron chi connectivity index (χ4n) is 3.70. The highest BCUT2D eigenvalue weighted by molar-refractivity contribution is 6.23. The summed E-state index contributed by atoms with van der Waals surface area (Å²) < 4.78 is 3.69. The van der Waals surface area contributed by atoms with Gasteiger partial charge in [-0.25, -0.2) is 9.37 Å². The van der Waals surface area contributed by atoms with E-state index in [2.05, 4.69) is 18.9 Å². The molecule has 0 spiro atoms. The van der Waals surface area contributed by atoms with E-state index in [0.29, 0.717) is 18.3 Å². The molecule has 3 amide bonds. The van der Waals surface area contributed by atoms with Crippen molar-refractivity contribution in [1.29, 1.82) is 0 Å². The van der Waals surface area contributed by atoms with Crippen LogP contribution in [0.2, 0.25) is 0 Å². The van der Waals surface area contributed by atoms with Gasteiger partial charge in [-0.05, 0) is 25.3 Å². The highest BCUT2D eigenvalue weighted by Crippen LogP contribution is 2.22. The molecular weight excluding hydrogens is 372 g/mol. The van der Waals surface area contributed by atoms with Gasteiger partial charge in [0.15, 0.2) is 0 Å². The van der Waals surface area contributed by atoms with E-state index in [1.54, 1.807) is 11.7 Å². The normalized spacial score (nSPS) is 19.4. The van der Waals surface area contributed by atoms with Crippen molar-refractivity contribution >= 4 is 29.5 Å². The van der Waals surface area contributed by atoms with Gasteiger partial charge in [0.1, 0.15) is 11.5 Å². The second-order valence-corrected chi connectivity index (χ2v) is 7.93. The first-order valence-electron chi connectivity index (χ1n) is 10.1. The number of hydrogen-bond donors (Lipinski definition) is 0. The third-order valence-electron chi connectivity index (χ3n) is 5.08. The molecule has 3 heterocycles. The first-order valence-corrected chi connectivity index (χ1v) is 10.1. The van der Waals surface area contributed by atoms with Gasteiger partial charge >= 0.3 is 12.0 Å². The maximum atomic E-state index is 13.2. The van der Waals surface area contributed by atoms with Gasteiger partial charge < -0.3 is 0 Å². The maximum Gasteiger partial charge on any atom is 0.421 e. The number of rotatable bonds is 6. The van der Waals surface area contributed by atoms with Crippen LogP contribution in [-0.2, 0) is 22.4 Å². The SMILES string of the molecule is CCc1cc(CC)n(C2=[N+](CC(C)C)C3C(=O)N(CC(C)=O)C(=O)N(C)C3=N2)n1. The summed E-state index contributed by atoms with van der Waals surface area (Å²) in [6.45, 7) is 9.91. The zero-order valence-corrected chi connectivity index (χ0v) is 18.0. The summed E-state index contributed by atoms with van der Waals surface area (Å²) in [5.74, 6) is 0.520. The Kier molecular flexibility index (Phi) is 5.68. The van der Waals surface area contributed by atoms with Crippen LogP contribution in [0, 0.1) is 5.92 Å². The van der Waals surface area contributed by atoms with Gasteiger partial charge in [0.25, 0.3) is 5.91 Å². The predicted molar refractivity (Wildman–Crippen MR) is 108 cm³/mol. The summed E-state index contributed by atoms with van der Waals surface area (Å²) in [6, 6.07) is 0.770. The molecule has 3 rings (SSSR count). The largest absolute Gasteiger partial charge is 0.421 e. The van der Waals surface area contributed by atoms with Gasteiger partial charge in [0.05, 0.1) is 18.8 Å². The number of imide groups is 1. The maximum absolute atomic E-state index is 13.2. The first kappa shape index (κ1) is 20.9. The first-order chi connectivity index (χ1) is 13.7. The molecule has 29 heavy (non-hydrogen) atoms. The number of urea groups is 1. The van der Waals surface area contributed by atoms with E-state index in [4.69, 9.17) is 4.99 Å². The standard InChI is InChI=1S/C20H29N6O3/c1-7-14-9-15(8-2)26(22-14)19-21-17-16(24(19)10-12(3)4)18(28)25(11-13(5)27)20(29)23(17)6/h9,12,16H,7-8,10-11H2,1-6H3/q+1. The molecule has 0 saturated carbocycles. The Morgan fingerprint density at radius 2 is 1.93 bits per heavy atom. The van der Waals surface area contributed by atoms with Gasteiger partial charge in [-0.1, -0.05) is 32.7 Å². The summed E-state index contributed by atoms with van der Waals surface area (Å²) in [5.41, 5.74) is 1.94. The number of carbonyl (C=O) groups is 3. The Morgan fingerprint density at radius 3 is 2.48 bits per heavy atom. The zero-order valence-electron chi connectivity index (χ0n) is 18.0. The van der Waals surface area contributed by atoms with E-state index in [9.17, 15) is 14.4 Å². The Labute approximate surface area is 170 Å². The average molecular weight is 401 g/mol. The lowest BCUT2D eigenvalue weighted by atomic mass is 10.1. The summed E-state index contributed by atoms with van der Waals surface area (Å²) in [6.07, 6.45) is 1.56. The van der Waals surface area contributed by atoms with Crippen molar-refractivity contribution in [2.45, 2.75) is 53.5 Å². The topological polar surface area (TPSA) is 90.9 Å². The van der Waals surface area contributed by atoms with Gasteiger partial charge in [-0.3, -0.25) is 19.4 Å². The second kappa shape index (κ2) is 7.88. The van der Waals surface area contributed by atoms with Crippen molar-refractivity contribution < 1.29 is 19.0 Å². The van der Waals surface area contributed by atoms with E-state index in [-0.39, 0.29) is 18.2 Å². The number of amides is 3. The quantitative estimate of drug-likeness (QED) is 0.669. The number of carbonyl (C=O) groups excluding carboxylic acids is 3. The minimum atomic E-state index is -0.742. The zero-order chi connectivity index (χ0) is 21.5. The molecule has 1 saturated heterocycles. The third kappa shape index (κ3) is 3.61.